The van der Waals surface area contributed by atoms with Gasteiger partial charge in [0, 0.05) is 24.7 Å². The number of halogens is 3. The van der Waals surface area contributed by atoms with Gasteiger partial charge in [-0.15, -0.1) is 0 Å². The quantitative estimate of drug-likeness (QED) is 0.840. The molecular weight excluding hydrogens is 302 g/mol. The van der Waals surface area contributed by atoms with Gasteiger partial charge < -0.3 is 10.4 Å². The number of rotatable bonds is 3. The molecule has 1 aliphatic heterocycles. The third-order valence-electron chi connectivity index (χ3n) is 3.94. The smallest absolute Gasteiger partial charge is 0.142 e. The Kier molecular flexibility index (Phi) is 5.26. The molecule has 112 valence electrons. The Balaban J connectivity index is 2.41. The van der Waals surface area contributed by atoms with Crippen molar-refractivity contribution < 1.29 is 9.50 Å². The Morgan fingerprint density at radius 3 is 2.75 bits per heavy atom. The fourth-order valence-electron chi connectivity index (χ4n) is 2.63. The van der Waals surface area contributed by atoms with E-state index < -0.39 is 11.4 Å². The van der Waals surface area contributed by atoms with Crippen LogP contribution in [0.4, 0.5) is 4.39 Å². The Morgan fingerprint density at radius 2 is 2.05 bits per heavy atom. The molecule has 20 heavy (non-hydrogen) atoms. The lowest BCUT2D eigenvalue weighted by molar-refractivity contribution is 0.0451. The summed E-state index contributed by atoms with van der Waals surface area (Å²) >= 11 is 12.0. The maximum atomic E-state index is 13.8. The molecule has 0 aromatic heterocycles. The number of aliphatic hydroxyl groups is 1. The van der Waals surface area contributed by atoms with Gasteiger partial charge in [0.15, 0.2) is 0 Å². The predicted molar refractivity (Wildman–Crippen MR) is 79.9 cm³/mol. The average Bonchev–Trinajstić information content (AvgIpc) is 2.71. The third-order valence-corrected chi connectivity index (χ3v) is 4.54. The van der Waals surface area contributed by atoms with E-state index in [4.69, 9.17) is 23.2 Å². The molecule has 1 aromatic carbocycles. The lowest BCUT2D eigenvalue weighted by atomic mass is 9.90. The average molecular weight is 321 g/mol. The number of benzene rings is 1. The largest absolute Gasteiger partial charge is 0.394 e. The molecule has 1 saturated heterocycles. The topological polar surface area (TPSA) is 35.5 Å². The SMILES string of the molecule is CC(CO)(c1cc(F)c(Cl)cc1Cl)N1CCCNCC1. The fraction of sp³-hybridized carbons (Fsp3) is 0.571. The number of nitrogens with zero attached hydrogens (tertiary/aromatic N) is 1. The molecule has 3 nitrogen and oxygen atoms in total. The maximum Gasteiger partial charge on any atom is 0.142 e. The van der Waals surface area contributed by atoms with Crippen LogP contribution >= 0.6 is 23.2 Å². The van der Waals surface area contributed by atoms with Gasteiger partial charge in [-0.05, 0) is 37.6 Å². The molecular formula is C14H19Cl2FN2O. The van der Waals surface area contributed by atoms with Crippen molar-refractivity contribution in [3.05, 3.63) is 33.6 Å². The van der Waals surface area contributed by atoms with Crippen molar-refractivity contribution in [3.63, 3.8) is 0 Å². The summed E-state index contributed by atoms with van der Waals surface area (Å²) in [5.74, 6) is -0.515. The summed E-state index contributed by atoms with van der Waals surface area (Å²) in [5, 5.41) is 13.6. The Hall–Kier alpha value is -0.390. The molecule has 6 heteroatoms. The minimum atomic E-state index is -0.714. The zero-order valence-electron chi connectivity index (χ0n) is 11.4. The molecule has 0 bridgehead atoms. The van der Waals surface area contributed by atoms with Gasteiger partial charge in [-0.25, -0.2) is 4.39 Å². The lowest BCUT2D eigenvalue weighted by Crippen LogP contribution is -2.48. The summed E-state index contributed by atoms with van der Waals surface area (Å²) in [6.45, 7) is 5.13. The first kappa shape index (κ1) is 16.0. The summed E-state index contributed by atoms with van der Waals surface area (Å²) in [5.41, 5.74) is -0.139. The first-order valence-corrected chi connectivity index (χ1v) is 7.46. The minimum Gasteiger partial charge on any atom is -0.394 e. The number of nitrogens with one attached hydrogen (secondary N) is 1. The Morgan fingerprint density at radius 1 is 1.30 bits per heavy atom. The molecule has 0 aliphatic carbocycles. The van der Waals surface area contributed by atoms with Crippen molar-refractivity contribution >= 4 is 23.2 Å². The monoisotopic (exact) mass is 320 g/mol. The van der Waals surface area contributed by atoms with Crippen LogP contribution < -0.4 is 5.32 Å². The number of hydrogen-bond donors (Lipinski definition) is 2. The van der Waals surface area contributed by atoms with Crippen molar-refractivity contribution in [2.24, 2.45) is 0 Å². The molecule has 2 N–H and O–H groups in total. The van der Waals surface area contributed by atoms with Crippen LogP contribution in [0.2, 0.25) is 10.0 Å². The second-order valence-corrected chi connectivity index (χ2v) is 6.08. The standard InChI is InChI=1S/C14H19Cl2FN2O/c1-14(9-20,19-5-2-3-18-4-6-19)10-7-13(17)12(16)8-11(10)15/h7-8,18,20H,2-6,9H2,1H3. The second-order valence-electron chi connectivity index (χ2n) is 5.27. The van der Waals surface area contributed by atoms with Crippen LogP contribution in [-0.4, -0.2) is 42.8 Å². The molecule has 1 aliphatic rings. The zero-order valence-corrected chi connectivity index (χ0v) is 12.9. The van der Waals surface area contributed by atoms with E-state index in [2.05, 4.69) is 10.2 Å². The summed E-state index contributed by atoms with van der Waals surface area (Å²) in [6, 6.07) is 2.73. The third kappa shape index (κ3) is 3.10. The first-order valence-electron chi connectivity index (χ1n) is 6.70. The van der Waals surface area contributed by atoms with E-state index in [-0.39, 0.29) is 11.6 Å². The van der Waals surface area contributed by atoms with Gasteiger partial charge in [-0.2, -0.15) is 0 Å². The molecule has 1 atom stereocenters. The highest BCUT2D eigenvalue weighted by Crippen LogP contribution is 2.36. The van der Waals surface area contributed by atoms with E-state index >= 15 is 0 Å². The molecule has 0 spiro atoms. The molecule has 1 fully saturated rings. The minimum absolute atomic E-state index is 0.00317. The van der Waals surface area contributed by atoms with Gasteiger partial charge >= 0.3 is 0 Å². The highest BCUT2D eigenvalue weighted by atomic mass is 35.5. The summed E-state index contributed by atoms with van der Waals surface area (Å²) < 4.78 is 13.8. The van der Waals surface area contributed by atoms with E-state index in [1.807, 2.05) is 6.92 Å². The van der Waals surface area contributed by atoms with Crippen molar-refractivity contribution in [3.8, 4) is 0 Å². The molecule has 0 amide bonds. The molecule has 0 radical (unpaired) electrons. The summed E-state index contributed by atoms with van der Waals surface area (Å²) in [6.07, 6.45) is 0.975. The molecule has 1 heterocycles. The molecule has 1 unspecified atom stereocenters. The highest BCUT2D eigenvalue weighted by molar-refractivity contribution is 6.35. The van der Waals surface area contributed by atoms with Crippen LogP contribution in [-0.2, 0) is 5.54 Å². The van der Waals surface area contributed by atoms with E-state index in [1.165, 1.54) is 12.1 Å². The Labute approximate surface area is 128 Å². The normalized spacial score (nSPS) is 20.4. The molecule has 2 rings (SSSR count). The van der Waals surface area contributed by atoms with Gasteiger partial charge in [-0.1, -0.05) is 23.2 Å². The van der Waals surface area contributed by atoms with Crippen LogP contribution in [0.3, 0.4) is 0 Å². The first-order chi connectivity index (χ1) is 9.49. The lowest BCUT2D eigenvalue weighted by Gasteiger charge is -2.40. The van der Waals surface area contributed by atoms with Crippen molar-refractivity contribution in [1.82, 2.24) is 10.2 Å². The maximum absolute atomic E-state index is 13.8. The summed E-state index contributed by atoms with van der Waals surface area (Å²) in [4.78, 5) is 2.14. The fourth-order valence-corrected chi connectivity index (χ4v) is 3.22. The predicted octanol–water partition coefficient (Wildman–Crippen LogP) is 2.64. The van der Waals surface area contributed by atoms with E-state index in [0.717, 1.165) is 32.6 Å². The van der Waals surface area contributed by atoms with Gasteiger partial charge in [0.05, 0.1) is 17.2 Å². The van der Waals surface area contributed by atoms with E-state index in [1.54, 1.807) is 0 Å². The number of hydrogen-bond acceptors (Lipinski definition) is 3. The van der Waals surface area contributed by atoms with Crippen molar-refractivity contribution in [2.75, 3.05) is 32.8 Å². The van der Waals surface area contributed by atoms with Gasteiger partial charge in [0.2, 0.25) is 0 Å². The van der Waals surface area contributed by atoms with Crippen LogP contribution in [0.15, 0.2) is 12.1 Å². The summed E-state index contributed by atoms with van der Waals surface area (Å²) in [7, 11) is 0. The van der Waals surface area contributed by atoms with Gasteiger partial charge in [0.1, 0.15) is 5.82 Å². The zero-order chi connectivity index (χ0) is 14.8. The number of aliphatic hydroxyl groups excluding tert-OH is 1. The molecule has 0 saturated carbocycles. The second kappa shape index (κ2) is 6.58. The van der Waals surface area contributed by atoms with Crippen LogP contribution in [0.25, 0.3) is 0 Å². The van der Waals surface area contributed by atoms with Gasteiger partial charge in [0.25, 0.3) is 0 Å². The van der Waals surface area contributed by atoms with Crippen LogP contribution in [0.5, 0.6) is 0 Å². The van der Waals surface area contributed by atoms with E-state index in [0.29, 0.717) is 10.6 Å². The van der Waals surface area contributed by atoms with Crippen molar-refractivity contribution in [2.45, 2.75) is 18.9 Å². The Bertz CT molecular complexity index is 478. The molecule has 1 aromatic rings. The van der Waals surface area contributed by atoms with Gasteiger partial charge in [-0.3, -0.25) is 4.90 Å². The van der Waals surface area contributed by atoms with Crippen LogP contribution in [0.1, 0.15) is 18.9 Å². The van der Waals surface area contributed by atoms with Crippen LogP contribution in [0, 0.1) is 5.82 Å². The van der Waals surface area contributed by atoms with Crippen molar-refractivity contribution in [1.29, 1.82) is 0 Å². The highest BCUT2D eigenvalue weighted by Gasteiger charge is 2.35. The van der Waals surface area contributed by atoms with E-state index in [9.17, 15) is 9.50 Å².